The number of nitro groups is 1. The Balaban J connectivity index is 2.37. The highest BCUT2D eigenvalue weighted by Crippen LogP contribution is 2.16. The van der Waals surface area contributed by atoms with Crippen LogP contribution in [0, 0.1) is 17.0 Å². The second kappa shape index (κ2) is 5.30. The van der Waals surface area contributed by atoms with Gasteiger partial charge in [0, 0.05) is 23.3 Å². The molecule has 5 heteroatoms. The van der Waals surface area contributed by atoms with Gasteiger partial charge in [-0.05, 0) is 19.1 Å². The first kappa shape index (κ1) is 12.8. The van der Waals surface area contributed by atoms with Crippen LogP contribution in [0.1, 0.15) is 16.7 Å². The summed E-state index contributed by atoms with van der Waals surface area (Å²) in [4.78, 5) is 10.1. The molecule has 2 rings (SSSR count). The second-order valence-corrected chi connectivity index (χ2v) is 4.12. The summed E-state index contributed by atoms with van der Waals surface area (Å²) in [6.45, 7) is 1.96. The average Bonchev–Trinajstić information content (AvgIpc) is 2.42. The van der Waals surface area contributed by atoms with Crippen LogP contribution in [0.15, 0.2) is 53.7 Å². The molecule has 96 valence electrons. The number of non-ortho nitro benzene ring substituents is 1. The van der Waals surface area contributed by atoms with Crippen molar-refractivity contribution in [2.45, 2.75) is 6.92 Å². The number of hydrogen-bond donors (Lipinski definition) is 1. The van der Waals surface area contributed by atoms with E-state index in [-0.39, 0.29) is 5.69 Å². The third-order valence-electron chi connectivity index (χ3n) is 2.78. The lowest BCUT2D eigenvalue weighted by molar-refractivity contribution is -0.384. The Bertz CT molecular complexity index is 616. The molecule has 2 aromatic carbocycles. The van der Waals surface area contributed by atoms with Crippen LogP contribution >= 0.6 is 0 Å². The number of nitrogens with zero attached hydrogens (tertiary/aromatic N) is 2. The first-order valence-corrected chi connectivity index (χ1v) is 5.66. The third kappa shape index (κ3) is 2.77. The number of nitro benzene ring substituents is 1. The van der Waals surface area contributed by atoms with Gasteiger partial charge in [0.05, 0.1) is 4.92 Å². The van der Waals surface area contributed by atoms with E-state index in [1.165, 1.54) is 12.1 Å². The fraction of sp³-hybridized carbons (Fsp3) is 0.0714. The molecule has 0 heterocycles. The van der Waals surface area contributed by atoms with Gasteiger partial charge in [0.25, 0.3) is 5.69 Å². The average molecular weight is 256 g/mol. The molecule has 0 aliphatic rings. The molecule has 0 spiro atoms. The molecule has 0 aliphatic heterocycles. The number of rotatable bonds is 3. The Morgan fingerprint density at radius 1 is 1.05 bits per heavy atom. The summed E-state index contributed by atoms with van der Waals surface area (Å²) in [5, 5.41) is 23.0. The van der Waals surface area contributed by atoms with Crippen LogP contribution in [0.4, 0.5) is 5.69 Å². The van der Waals surface area contributed by atoms with E-state index in [1.807, 2.05) is 31.2 Å². The van der Waals surface area contributed by atoms with Crippen LogP contribution in [0.3, 0.4) is 0 Å². The van der Waals surface area contributed by atoms with E-state index in [4.69, 9.17) is 5.21 Å². The Morgan fingerprint density at radius 2 is 1.53 bits per heavy atom. The van der Waals surface area contributed by atoms with Crippen molar-refractivity contribution in [1.82, 2.24) is 0 Å². The first-order chi connectivity index (χ1) is 9.11. The van der Waals surface area contributed by atoms with Crippen LogP contribution in [0.2, 0.25) is 0 Å². The molecule has 0 bridgehead atoms. The Labute approximate surface area is 110 Å². The number of aryl methyl sites for hydroxylation is 1. The van der Waals surface area contributed by atoms with Crippen LogP contribution in [-0.4, -0.2) is 15.8 Å². The molecule has 0 radical (unpaired) electrons. The summed E-state index contributed by atoms with van der Waals surface area (Å²) in [5.41, 5.74) is 2.86. The lowest BCUT2D eigenvalue weighted by atomic mass is 10.0. The minimum absolute atomic E-state index is 0.00458. The van der Waals surface area contributed by atoms with E-state index >= 15 is 0 Å². The van der Waals surface area contributed by atoms with Crippen molar-refractivity contribution in [1.29, 1.82) is 0 Å². The smallest absolute Gasteiger partial charge is 0.269 e. The van der Waals surface area contributed by atoms with Crippen molar-refractivity contribution in [3.63, 3.8) is 0 Å². The van der Waals surface area contributed by atoms with Crippen LogP contribution in [0.5, 0.6) is 0 Å². The normalized spacial score (nSPS) is 11.3. The van der Waals surface area contributed by atoms with Crippen LogP contribution < -0.4 is 0 Å². The summed E-state index contributed by atoms with van der Waals surface area (Å²) in [6.07, 6.45) is 0. The van der Waals surface area contributed by atoms with Crippen LogP contribution in [0.25, 0.3) is 0 Å². The maximum Gasteiger partial charge on any atom is 0.269 e. The highest BCUT2D eigenvalue weighted by atomic mass is 16.6. The third-order valence-corrected chi connectivity index (χ3v) is 2.78. The van der Waals surface area contributed by atoms with Gasteiger partial charge >= 0.3 is 0 Å². The van der Waals surface area contributed by atoms with E-state index in [0.29, 0.717) is 11.3 Å². The molecule has 5 nitrogen and oxygen atoms in total. The van der Waals surface area contributed by atoms with E-state index in [0.717, 1.165) is 11.1 Å². The van der Waals surface area contributed by atoms with Crippen LogP contribution in [-0.2, 0) is 0 Å². The monoisotopic (exact) mass is 256 g/mol. The lowest BCUT2D eigenvalue weighted by Crippen LogP contribution is -2.03. The molecular formula is C14H12N2O3. The Kier molecular flexibility index (Phi) is 3.56. The van der Waals surface area contributed by atoms with E-state index in [9.17, 15) is 10.1 Å². The summed E-state index contributed by atoms with van der Waals surface area (Å²) >= 11 is 0. The molecule has 19 heavy (non-hydrogen) atoms. The highest BCUT2D eigenvalue weighted by Gasteiger charge is 2.10. The predicted octanol–water partition coefficient (Wildman–Crippen LogP) is 3.13. The zero-order valence-electron chi connectivity index (χ0n) is 10.3. The van der Waals surface area contributed by atoms with Gasteiger partial charge in [-0.1, -0.05) is 35.0 Å². The number of hydrogen-bond acceptors (Lipinski definition) is 4. The van der Waals surface area contributed by atoms with Gasteiger partial charge in [-0.2, -0.15) is 0 Å². The zero-order valence-corrected chi connectivity index (χ0v) is 10.3. The van der Waals surface area contributed by atoms with Gasteiger partial charge in [-0.3, -0.25) is 10.1 Å². The van der Waals surface area contributed by atoms with Gasteiger partial charge in [0.15, 0.2) is 0 Å². The highest BCUT2D eigenvalue weighted by molar-refractivity contribution is 6.12. The van der Waals surface area contributed by atoms with Gasteiger partial charge < -0.3 is 5.21 Å². The molecule has 2 aromatic rings. The minimum Gasteiger partial charge on any atom is -0.410 e. The first-order valence-electron chi connectivity index (χ1n) is 5.66. The van der Waals surface area contributed by atoms with E-state index in [1.54, 1.807) is 12.1 Å². The SMILES string of the molecule is Cc1ccc(/C(=N/O)c2ccc([N+](=O)[O-])cc2)cc1. The van der Waals surface area contributed by atoms with Crippen molar-refractivity contribution >= 4 is 11.4 Å². The molecule has 0 aromatic heterocycles. The quantitative estimate of drug-likeness (QED) is 0.396. The van der Waals surface area contributed by atoms with Gasteiger partial charge in [0.1, 0.15) is 5.71 Å². The largest absolute Gasteiger partial charge is 0.410 e. The van der Waals surface area contributed by atoms with Crippen molar-refractivity contribution in [3.05, 3.63) is 75.3 Å². The maximum atomic E-state index is 10.6. The molecule has 0 amide bonds. The Hall–Kier alpha value is -2.69. The number of benzene rings is 2. The summed E-state index contributed by atoms with van der Waals surface area (Å²) in [7, 11) is 0. The van der Waals surface area contributed by atoms with Gasteiger partial charge in [-0.15, -0.1) is 0 Å². The standard InChI is InChI=1S/C14H12N2O3/c1-10-2-4-11(5-3-10)14(15-17)12-6-8-13(9-7-12)16(18)19/h2-9,17H,1H3/b15-14-. The molecule has 0 saturated carbocycles. The van der Waals surface area contributed by atoms with Gasteiger partial charge in [0.2, 0.25) is 0 Å². The zero-order chi connectivity index (χ0) is 13.8. The van der Waals surface area contributed by atoms with Gasteiger partial charge in [-0.25, -0.2) is 0 Å². The molecule has 0 saturated heterocycles. The van der Waals surface area contributed by atoms with E-state index < -0.39 is 4.92 Å². The topological polar surface area (TPSA) is 75.7 Å². The van der Waals surface area contributed by atoms with Crippen molar-refractivity contribution < 1.29 is 10.1 Å². The minimum atomic E-state index is -0.467. The van der Waals surface area contributed by atoms with Crippen molar-refractivity contribution in [2.24, 2.45) is 5.16 Å². The summed E-state index contributed by atoms with van der Waals surface area (Å²) in [5.74, 6) is 0. The predicted molar refractivity (Wildman–Crippen MR) is 71.7 cm³/mol. The second-order valence-electron chi connectivity index (χ2n) is 4.12. The van der Waals surface area contributed by atoms with E-state index in [2.05, 4.69) is 5.16 Å². The molecule has 0 unspecified atom stereocenters. The Morgan fingerprint density at radius 3 is 1.95 bits per heavy atom. The lowest BCUT2D eigenvalue weighted by Gasteiger charge is -2.05. The maximum absolute atomic E-state index is 10.6. The summed E-state index contributed by atoms with van der Waals surface area (Å²) < 4.78 is 0. The fourth-order valence-corrected chi connectivity index (χ4v) is 1.73. The molecule has 0 fully saturated rings. The molecule has 0 aliphatic carbocycles. The summed E-state index contributed by atoms with van der Waals surface area (Å²) in [6, 6.07) is 13.4. The molecule has 0 atom stereocenters. The molecule has 1 N–H and O–H groups in total. The molecular weight excluding hydrogens is 244 g/mol. The van der Waals surface area contributed by atoms with Crippen molar-refractivity contribution in [2.75, 3.05) is 0 Å². The fourth-order valence-electron chi connectivity index (χ4n) is 1.73. The van der Waals surface area contributed by atoms with Crippen molar-refractivity contribution in [3.8, 4) is 0 Å². The number of oxime groups is 1.